The van der Waals surface area contributed by atoms with Crippen LogP contribution in [0.4, 0.5) is 11.6 Å². The van der Waals surface area contributed by atoms with E-state index in [-0.39, 0.29) is 17.5 Å². The Morgan fingerprint density at radius 2 is 1.57 bits per heavy atom. The zero-order chi connectivity index (χ0) is 24.4. The van der Waals surface area contributed by atoms with Crippen LogP contribution in [0.3, 0.4) is 0 Å². The van der Waals surface area contributed by atoms with Crippen molar-refractivity contribution >= 4 is 21.7 Å². The number of pyridine rings is 2. The number of aryl methyl sites for hydroxylation is 1. The molecule has 0 spiro atoms. The molecular weight excluding hydrogens is 462 g/mol. The Morgan fingerprint density at radius 3 is 2.17 bits per heavy atom. The third kappa shape index (κ3) is 5.32. The molecule has 0 radical (unpaired) electrons. The molecule has 1 aromatic carbocycles. The number of aliphatic hydroxyl groups is 1. The average Bonchev–Trinajstić information content (AvgIpc) is 2.84. The minimum absolute atomic E-state index is 0.0347. The van der Waals surface area contributed by atoms with Crippen LogP contribution in [0.5, 0.6) is 0 Å². The van der Waals surface area contributed by atoms with Gasteiger partial charge in [-0.1, -0.05) is 18.2 Å². The predicted molar refractivity (Wildman–Crippen MR) is 137 cm³/mol. The van der Waals surface area contributed by atoms with Gasteiger partial charge in [0.15, 0.2) is 0 Å². The molecule has 184 valence electrons. The second-order valence-corrected chi connectivity index (χ2v) is 11.4. The lowest BCUT2D eigenvalue weighted by molar-refractivity contribution is 0.0949. The van der Waals surface area contributed by atoms with E-state index in [1.165, 1.54) is 23.6 Å². The van der Waals surface area contributed by atoms with E-state index in [4.69, 9.17) is 0 Å². The molecule has 2 aromatic heterocycles. The van der Waals surface area contributed by atoms with Crippen LogP contribution in [0.25, 0.3) is 11.1 Å². The van der Waals surface area contributed by atoms with Gasteiger partial charge in [-0.15, -0.1) is 0 Å². The Bertz CT molecular complexity index is 1240. The summed E-state index contributed by atoms with van der Waals surface area (Å²) in [7, 11) is -3.71. The smallest absolute Gasteiger partial charge is 0.243 e. The van der Waals surface area contributed by atoms with Crippen molar-refractivity contribution in [2.75, 3.05) is 23.7 Å². The van der Waals surface area contributed by atoms with E-state index in [1.54, 1.807) is 30.5 Å². The molecule has 3 N–H and O–H groups in total. The molecule has 3 heterocycles. The molecule has 0 amide bonds. The lowest BCUT2D eigenvalue weighted by atomic mass is 9.93. The Hall–Kier alpha value is -3.01. The van der Waals surface area contributed by atoms with Crippen molar-refractivity contribution in [2.45, 2.75) is 55.7 Å². The van der Waals surface area contributed by atoms with Crippen molar-refractivity contribution in [3.05, 3.63) is 66.5 Å². The van der Waals surface area contributed by atoms with Crippen LogP contribution in [-0.4, -0.2) is 59.1 Å². The van der Waals surface area contributed by atoms with Crippen molar-refractivity contribution in [2.24, 2.45) is 0 Å². The molecule has 1 saturated carbocycles. The fourth-order valence-corrected chi connectivity index (χ4v) is 5.89. The van der Waals surface area contributed by atoms with E-state index in [9.17, 15) is 13.5 Å². The molecule has 9 heteroatoms. The first-order valence-electron chi connectivity index (χ1n) is 12.1. The summed E-state index contributed by atoms with van der Waals surface area (Å²) in [6.07, 6.45) is 6.86. The van der Waals surface area contributed by atoms with Crippen molar-refractivity contribution in [3.8, 4) is 11.1 Å². The van der Waals surface area contributed by atoms with Crippen molar-refractivity contribution in [3.63, 3.8) is 0 Å². The topological polar surface area (TPSA) is 107 Å². The number of β-amino-alcohol motifs (C(OH)–C–C–N with tert-alkyl or cyclic N) is 1. The van der Waals surface area contributed by atoms with Crippen LogP contribution in [-0.2, 0) is 10.0 Å². The van der Waals surface area contributed by atoms with Gasteiger partial charge in [0.25, 0.3) is 0 Å². The third-order valence-electron chi connectivity index (χ3n) is 6.84. The molecule has 1 aliphatic carbocycles. The molecule has 0 unspecified atom stereocenters. The van der Waals surface area contributed by atoms with Crippen LogP contribution in [0.2, 0.25) is 0 Å². The van der Waals surface area contributed by atoms with Gasteiger partial charge in [0.05, 0.1) is 17.0 Å². The summed E-state index contributed by atoms with van der Waals surface area (Å²) in [6.45, 7) is 2.32. The van der Waals surface area contributed by atoms with Crippen molar-refractivity contribution < 1.29 is 13.5 Å². The second-order valence-electron chi connectivity index (χ2n) is 9.42. The van der Waals surface area contributed by atoms with Crippen LogP contribution < -0.4 is 10.6 Å². The molecule has 5 rings (SSSR count). The number of nitrogens with one attached hydrogen (secondary N) is 2. The highest BCUT2D eigenvalue weighted by Gasteiger charge is 2.34. The second kappa shape index (κ2) is 9.93. The van der Waals surface area contributed by atoms with Gasteiger partial charge in [-0.2, -0.15) is 4.31 Å². The van der Waals surface area contributed by atoms with Crippen molar-refractivity contribution in [1.82, 2.24) is 14.3 Å². The summed E-state index contributed by atoms with van der Waals surface area (Å²) >= 11 is 0. The number of aromatic nitrogens is 2. The summed E-state index contributed by atoms with van der Waals surface area (Å²) in [5.74, 6) is 1.54. The number of anilines is 2. The Morgan fingerprint density at radius 1 is 0.886 bits per heavy atom. The molecule has 0 bridgehead atoms. The average molecular weight is 494 g/mol. The summed E-state index contributed by atoms with van der Waals surface area (Å²) < 4.78 is 27.8. The zero-order valence-electron chi connectivity index (χ0n) is 19.8. The van der Waals surface area contributed by atoms with E-state index in [2.05, 4.69) is 20.6 Å². The fraction of sp³-hybridized carbons (Fsp3) is 0.385. The molecule has 2 fully saturated rings. The molecule has 35 heavy (non-hydrogen) atoms. The first kappa shape index (κ1) is 23.7. The number of benzene rings is 1. The molecule has 3 aromatic rings. The maximum absolute atomic E-state index is 13.2. The fourth-order valence-electron chi connectivity index (χ4n) is 4.41. The Kier molecular flexibility index (Phi) is 6.73. The maximum Gasteiger partial charge on any atom is 0.243 e. The largest absolute Gasteiger partial charge is 0.390 e. The normalized spacial score (nSPS) is 21.3. The Labute approximate surface area is 206 Å². The summed E-state index contributed by atoms with van der Waals surface area (Å²) in [5.41, 5.74) is 2.89. The van der Waals surface area contributed by atoms with Crippen LogP contribution in [0.1, 0.15) is 31.2 Å². The quantitative estimate of drug-likeness (QED) is 0.461. The number of hydrogen-bond acceptors (Lipinski definition) is 7. The van der Waals surface area contributed by atoms with Gasteiger partial charge in [0.1, 0.15) is 11.6 Å². The van der Waals surface area contributed by atoms with E-state index in [0.29, 0.717) is 24.8 Å². The number of sulfonamides is 1. The Balaban J connectivity index is 1.22. The summed E-state index contributed by atoms with van der Waals surface area (Å²) in [4.78, 5) is 9.03. The highest BCUT2D eigenvalue weighted by Crippen LogP contribution is 2.27. The molecule has 2 aliphatic rings. The van der Waals surface area contributed by atoms with Crippen molar-refractivity contribution in [1.29, 1.82) is 0 Å². The number of rotatable bonds is 7. The molecular formula is C26H31N5O3S. The number of nitrogens with zero attached hydrogens (tertiary/aromatic N) is 3. The lowest BCUT2D eigenvalue weighted by Crippen LogP contribution is -2.51. The highest BCUT2D eigenvalue weighted by atomic mass is 32.2. The summed E-state index contributed by atoms with van der Waals surface area (Å²) in [5, 5.41) is 17.3. The summed E-state index contributed by atoms with van der Waals surface area (Å²) in [6, 6.07) is 14.9. The molecule has 1 aliphatic heterocycles. The van der Waals surface area contributed by atoms with Gasteiger partial charge in [-0.05, 0) is 74.1 Å². The van der Waals surface area contributed by atoms with Gasteiger partial charge in [-0.3, -0.25) is 0 Å². The molecule has 8 nitrogen and oxygen atoms in total. The van der Waals surface area contributed by atoms with Gasteiger partial charge in [-0.25, -0.2) is 18.4 Å². The van der Waals surface area contributed by atoms with Gasteiger partial charge in [0.2, 0.25) is 10.0 Å². The van der Waals surface area contributed by atoms with Gasteiger partial charge in [0, 0.05) is 37.1 Å². The van der Waals surface area contributed by atoms with Gasteiger partial charge < -0.3 is 15.7 Å². The number of piperidine rings is 1. The van der Waals surface area contributed by atoms with Crippen LogP contribution in [0.15, 0.2) is 65.8 Å². The highest BCUT2D eigenvalue weighted by molar-refractivity contribution is 7.89. The first-order chi connectivity index (χ1) is 16.9. The number of aliphatic hydroxyl groups excluding tert-OH is 1. The zero-order valence-corrected chi connectivity index (χ0v) is 20.6. The van der Waals surface area contributed by atoms with Crippen LogP contribution >= 0.6 is 0 Å². The van der Waals surface area contributed by atoms with E-state index in [0.717, 1.165) is 22.5 Å². The number of hydrogen-bond donors (Lipinski definition) is 3. The van der Waals surface area contributed by atoms with E-state index < -0.39 is 16.1 Å². The maximum atomic E-state index is 13.2. The standard InChI is InChI=1S/C26H31N5O3S/c1-18-5-11-26(27-15-18)30-23-13-14-31(17-24(23)32)35(33,34)22-9-6-19(7-10-22)20-8-12-25(28-16-20)29-21-3-2-4-21/h5-12,15-16,21,23-24,32H,2-4,13-14,17H2,1H3,(H,27,30)(H,28,29)/t23-,24+/m1/s1. The molecule has 2 atom stereocenters. The first-order valence-corrected chi connectivity index (χ1v) is 13.5. The third-order valence-corrected chi connectivity index (χ3v) is 8.71. The predicted octanol–water partition coefficient (Wildman–Crippen LogP) is 3.65. The van der Waals surface area contributed by atoms with E-state index >= 15 is 0 Å². The monoisotopic (exact) mass is 493 g/mol. The van der Waals surface area contributed by atoms with E-state index in [1.807, 2.05) is 37.4 Å². The SMILES string of the molecule is Cc1ccc(N[C@@H]2CCN(S(=O)(=O)c3ccc(-c4ccc(NC5CCC5)nc4)cc3)C[C@@H]2O)nc1. The molecule has 1 saturated heterocycles. The minimum Gasteiger partial charge on any atom is -0.390 e. The van der Waals surface area contributed by atoms with Gasteiger partial charge >= 0.3 is 0 Å². The lowest BCUT2D eigenvalue weighted by Gasteiger charge is -2.35. The van der Waals surface area contributed by atoms with Crippen LogP contribution in [0, 0.1) is 6.92 Å². The minimum atomic E-state index is -3.71.